The average Bonchev–Trinajstić information content (AvgIpc) is 1.84. The van der Waals surface area contributed by atoms with Gasteiger partial charge in [0.15, 0.2) is 0 Å². The molecule has 5 heteroatoms. The van der Waals surface area contributed by atoms with Crippen LogP contribution in [0, 0.1) is 0 Å². The molecule has 0 aliphatic carbocycles. The van der Waals surface area contributed by atoms with Gasteiger partial charge in [-0.1, -0.05) is 0 Å². The molecule has 0 aromatic rings. The van der Waals surface area contributed by atoms with Crippen molar-refractivity contribution in [2.75, 3.05) is 6.26 Å². The predicted molar refractivity (Wildman–Crippen MR) is 48.5 cm³/mol. The zero-order chi connectivity index (χ0) is 9.99. The van der Waals surface area contributed by atoms with E-state index in [0.29, 0.717) is 0 Å². The molecule has 0 aromatic carbocycles. The van der Waals surface area contributed by atoms with E-state index in [4.69, 9.17) is 10.5 Å². The molecule has 0 saturated heterocycles. The Hall–Kier alpha value is -0.260. The minimum absolute atomic E-state index is 0.625. The SMILES string of the molecule is CSC(N)(O)C(=O)OC(C)(C)C. The van der Waals surface area contributed by atoms with Crippen molar-refractivity contribution in [3.05, 3.63) is 0 Å². The van der Waals surface area contributed by atoms with Gasteiger partial charge in [-0.2, -0.15) is 0 Å². The third-order valence-electron chi connectivity index (χ3n) is 1.00. The van der Waals surface area contributed by atoms with Crippen LogP contribution in [0.25, 0.3) is 0 Å². The van der Waals surface area contributed by atoms with Gasteiger partial charge in [-0.05, 0) is 27.0 Å². The number of carbonyl (C=O) groups excluding carboxylic acids is 1. The number of nitrogens with two attached hydrogens (primary N) is 1. The van der Waals surface area contributed by atoms with Crippen molar-refractivity contribution in [1.29, 1.82) is 0 Å². The standard InChI is InChI=1S/C7H15NO3S/c1-6(2,3)11-5(9)7(8,10)12-4/h10H,8H2,1-4H3. The van der Waals surface area contributed by atoms with E-state index in [-0.39, 0.29) is 0 Å². The Kier molecular flexibility index (Phi) is 3.56. The van der Waals surface area contributed by atoms with Gasteiger partial charge >= 0.3 is 5.97 Å². The van der Waals surface area contributed by atoms with Gasteiger partial charge in [-0.15, -0.1) is 11.8 Å². The topological polar surface area (TPSA) is 72.5 Å². The summed E-state index contributed by atoms with van der Waals surface area (Å²) in [6.45, 7) is 5.13. The van der Waals surface area contributed by atoms with Crippen molar-refractivity contribution >= 4 is 17.7 Å². The Labute approximate surface area is 76.5 Å². The van der Waals surface area contributed by atoms with Crippen LogP contribution in [0.15, 0.2) is 0 Å². The van der Waals surface area contributed by atoms with E-state index in [1.54, 1.807) is 20.8 Å². The van der Waals surface area contributed by atoms with Gasteiger partial charge in [0.2, 0.25) is 0 Å². The normalized spacial score (nSPS) is 16.8. The first-order valence-corrected chi connectivity index (χ1v) is 4.71. The fraction of sp³-hybridized carbons (Fsp3) is 0.857. The van der Waals surface area contributed by atoms with Crippen molar-refractivity contribution in [3.63, 3.8) is 0 Å². The Balaban J connectivity index is 4.23. The summed E-state index contributed by atoms with van der Waals surface area (Å²) in [5.41, 5.74) is 4.59. The third-order valence-corrected chi connectivity index (χ3v) is 1.79. The molecule has 0 heterocycles. The molecule has 1 atom stereocenters. The number of rotatable bonds is 2. The Morgan fingerprint density at radius 3 is 2.17 bits per heavy atom. The molecule has 0 saturated carbocycles. The van der Waals surface area contributed by atoms with E-state index < -0.39 is 16.6 Å². The van der Waals surface area contributed by atoms with Gasteiger partial charge in [0, 0.05) is 0 Å². The molecule has 0 spiro atoms. The monoisotopic (exact) mass is 193 g/mol. The first kappa shape index (κ1) is 11.7. The Morgan fingerprint density at radius 2 is 1.92 bits per heavy atom. The predicted octanol–water partition coefficient (Wildman–Crippen LogP) is 0.296. The number of thioether (sulfide) groups is 1. The van der Waals surface area contributed by atoms with Gasteiger partial charge in [0.1, 0.15) is 5.60 Å². The lowest BCUT2D eigenvalue weighted by molar-refractivity contribution is -0.167. The highest BCUT2D eigenvalue weighted by molar-refractivity contribution is 8.00. The fourth-order valence-corrected chi connectivity index (χ4v) is 0.643. The molecular formula is C7H15NO3S. The largest absolute Gasteiger partial charge is 0.456 e. The zero-order valence-electron chi connectivity index (χ0n) is 7.75. The van der Waals surface area contributed by atoms with Crippen molar-refractivity contribution in [2.45, 2.75) is 31.4 Å². The molecule has 0 radical (unpaired) electrons. The third kappa shape index (κ3) is 3.94. The van der Waals surface area contributed by atoms with Crippen molar-refractivity contribution in [2.24, 2.45) is 5.73 Å². The van der Waals surface area contributed by atoms with Crippen LogP contribution in [0.2, 0.25) is 0 Å². The van der Waals surface area contributed by atoms with E-state index in [1.165, 1.54) is 6.26 Å². The summed E-state index contributed by atoms with van der Waals surface area (Å²) >= 11 is 0.835. The molecule has 0 aliphatic rings. The van der Waals surface area contributed by atoms with E-state index >= 15 is 0 Å². The van der Waals surface area contributed by atoms with Crippen LogP contribution >= 0.6 is 11.8 Å². The van der Waals surface area contributed by atoms with Crippen molar-refractivity contribution < 1.29 is 14.6 Å². The van der Waals surface area contributed by atoms with E-state index in [1.807, 2.05) is 0 Å². The lowest BCUT2D eigenvalue weighted by Gasteiger charge is -2.25. The van der Waals surface area contributed by atoms with Gasteiger partial charge in [-0.25, -0.2) is 4.79 Å². The molecule has 0 rings (SSSR count). The maximum Gasteiger partial charge on any atom is 0.365 e. The summed E-state index contributed by atoms with van der Waals surface area (Å²) in [5, 5.41) is 7.28. The lowest BCUT2D eigenvalue weighted by Crippen LogP contribution is -2.47. The van der Waals surface area contributed by atoms with Gasteiger partial charge < -0.3 is 9.84 Å². The second-order valence-corrected chi connectivity index (χ2v) is 4.43. The maximum atomic E-state index is 11.1. The van der Waals surface area contributed by atoms with E-state index in [2.05, 4.69) is 0 Å². The van der Waals surface area contributed by atoms with Crippen LogP contribution in [0.5, 0.6) is 0 Å². The average molecular weight is 193 g/mol. The molecule has 3 N–H and O–H groups in total. The smallest absolute Gasteiger partial charge is 0.365 e. The Morgan fingerprint density at radius 1 is 1.50 bits per heavy atom. The summed E-state index contributed by atoms with van der Waals surface area (Å²) < 4.78 is 4.86. The van der Waals surface area contributed by atoms with Crippen LogP contribution in [-0.4, -0.2) is 28.0 Å². The molecule has 0 aliphatic heterocycles. The Bertz CT molecular complexity index is 174. The molecule has 72 valence electrons. The summed E-state index contributed by atoms with van der Waals surface area (Å²) in [5.74, 6) is -0.817. The number of hydrogen-bond donors (Lipinski definition) is 2. The minimum Gasteiger partial charge on any atom is -0.456 e. The number of aliphatic hydroxyl groups is 1. The number of carbonyl (C=O) groups is 1. The molecule has 0 aromatic heterocycles. The fourth-order valence-electron chi connectivity index (χ4n) is 0.435. The maximum absolute atomic E-state index is 11.1. The summed E-state index contributed by atoms with van der Waals surface area (Å²) in [6, 6.07) is 0. The highest BCUT2D eigenvalue weighted by Crippen LogP contribution is 2.18. The molecule has 1 unspecified atom stereocenters. The second-order valence-electron chi connectivity index (χ2n) is 3.40. The van der Waals surface area contributed by atoms with Crippen LogP contribution in [-0.2, 0) is 9.53 Å². The molecular weight excluding hydrogens is 178 g/mol. The zero-order valence-corrected chi connectivity index (χ0v) is 8.57. The highest BCUT2D eigenvalue weighted by atomic mass is 32.2. The van der Waals surface area contributed by atoms with Crippen LogP contribution in [0.1, 0.15) is 20.8 Å². The number of esters is 1. The van der Waals surface area contributed by atoms with Gasteiger partial charge in [0.25, 0.3) is 5.06 Å². The highest BCUT2D eigenvalue weighted by Gasteiger charge is 2.34. The van der Waals surface area contributed by atoms with Crippen LogP contribution in [0.4, 0.5) is 0 Å². The molecule has 0 amide bonds. The molecule has 4 nitrogen and oxygen atoms in total. The first-order chi connectivity index (χ1) is 5.19. The number of ether oxygens (including phenoxy) is 1. The quantitative estimate of drug-likeness (QED) is 0.487. The van der Waals surface area contributed by atoms with Crippen molar-refractivity contribution in [3.8, 4) is 0 Å². The summed E-state index contributed by atoms with van der Waals surface area (Å²) in [6.07, 6.45) is 1.53. The number of hydrogen-bond acceptors (Lipinski definition) is 5. The lowest BCUT2D eigenvalue weighted by atomic mass is 10.2. The first-order valence-electron chi connectivity index (χ1n) is 3.49. The van der Waals surface area contributed by atoms with E-state index in [0.717, 1.165) is 11.8 Å². The van der Waals surface area contributed by atoms with Gasteiger partial charge in [0.05, 0.1) is 0 Å². The van der Waals surface area contributed by atoms with Crippen LogP contribution in [0.3, 0.4) is 0 Å². The summed E-state index contributed by atoms with van der Waals surface area (Å²) in [4.78, 5) is 11.1. The van der Waals surface area contributed by atoms with Crippen molar-refractivity contribution in [1.82, 2.24) is 0 Å². The van der Waals surface area contributed by atoms with Gasteiger partial charge in [-0.3, -0.25) is 5.73 Å². The second kappa shape index (κ2) is 3.64. The molecule has 0 fully saturated rings. The van der Waals surface area contributed by atoms with E-state index in [9.17, 15) is 9.90 Å². The van der Waals surface area contributed by atoms with Crippen LogP contribution < -0.4 is 5.73 Å². The minimum atomic E-state index is -1.94. The molecule has 0 bridgehead atoms. The molecule has 12 heavy (non-hydrogen) atoms. The summed E-state index contributed by atoms with van der Waals surface area (Å²) in [7, 11) is 0.